The normalized spacial score (nSPS) is 12.4. The molecule has 0 saturated heterocycles. The summed E-state index contributed by atoms with van der Waals surface area (Å²) in [5, 5.41) is 0. The summed E-state index contributed by atoms with van der Waals surface area (Å²) in [5.74, 6) is 0. The molecule has 0 heterocycles. The van der Waals surface area contributed by atoms with Crippen LogP contribution in [0.5, 0.6) is 0 Å². The first-order valence-corrected chi connectivity index (χ1v) is 9.73. The molecule has 0 aromatic heterocycles. The Morgan fingerprint density at radius 1 is 0.957 bits per heavy atom. The molecule has 1 aromatic carbocycles. The number of unbranched alkanes of at least 4 members (excludes halogenated alkanes) is 3. The average Bonchev–Trinajstić information content (AvgIpc) is 2.53. The van der Waals surface area contributed by atoms with Crippen molar-refractivity contribution in [2.45, 2.75) is 57.3 Å². The van der Waals surface area contributed by atoms with Gasteiger partial charge in [-0.05, 0) is 44.7 Å². The van der Waals surface area contributed by atoms with Crippen LogP contribution in [0.4, 0.5) is 0 Å². The number of hydrogen-bond acceptors (Lipinski definition) is 3. The van der Waals surface area contributed by atoms with Crippen molar-refractivity contribution in [3.63, 3.8) is 0 Å². The lowest BCUT2D eigenvalue weighted by Crippen LogP contribution is -2.07. The van der Waals surface area contributed by atoms with E-state index < -0.39 is 10.1 Å². The summed E-state index contributed by atoms with van der Waals surface area (Å²) in [6.07, 6.45) is 14.8. The van der Waals surface area contributed by atoms with Gasteiger partial charge in [-0.1, -0.05) is 61.8 Å². The highest BCUT2D eigenvalue weighted by Gasteiger charge is 2.13. The van der Waals surface area contributed by atoms with Crippen LogP contribution in [0, 0.1) is 6.92 Å². The molecule has 4 heteroatoms. The maximum Gasteiger partial charge on any atom is 0.296 e. The summed E-state index contributed by atoms with van der Waals surface area (Å²) < 4.78 is 28.9. The van der Waals surface area contributed by atoms with E-state index in [1.165, 1.54) is 19.3 Å². The van der Waals surface area contributed by atoms with Gasteiger partial charge in [0.2, 0.25) is 0 Å². The summed E-state index contributed by atoms with van der Waals surface area (Å²) in [7, 11) is -3.64. The largest absolute Gasteiger partial charge is 0.296 e. The molecule has 0 atom stereocenters. The quantitative estimate of drug-likeness (QED) is 0.318. The van der Waals surface area contributed by atoms with E-state index in [9.17, 15) is 8.42 Å². The topological polar surface area (TPSA) is 43.4 Å². The van der Waals surface area contributed by atoms with Gasteiger partial charge in [-0.25, -0.2) is 0 Å². The lowest BCUT2D eigenvalue weighted by Gasteiger charge is -2.04. The van der Waals surface area contributed by atoms with Gasteiger partial charge in [-0.15, -0.1) is 0 Å². The third kappa shape index (κ3) is 8.72. The summed E-state index contributed by atoms with van der Waals surface area (Å²) in [5.41, 5.74) is 1.02. The molecule has 1 aromatic rings. The third-order valence-corrected chi connectivity index (χ3v) is 4.74. The zero-order chi connectivity index (χ0) is 17.0. The minimum absolute atomic E-state index is 0.174. The van der Waals surface area contributed by atoms with Crippen LogP contribution in [-0.4, -0.2) is 15.0 Å². The number of aryl methyl sites for hydroxylation is 1. The molecule has 0 aliphatic heterocycles. The molecule has 128 valence electrons. The van der Waals surface area contributed by atoms with Crippen LogP contribution < -0.4 is 0 Å². The molecule has 0 aliphatic rings. The van der Waals surface area contributed by atoms with Crippen molar-refractivity contribution in [2.24, 2.45) is 0 Å². The first kappa shape index (κ1) is 19.7. The molecule has 0 unspecified atom stereocenters. The van der Waals surface area contributed by atoms with Crippen molar-refractivity contribution >= 4 is 10.1 Å². The van der Waals surface area contributed by atoms with E-state index in [0.29, 0.717) is 6.42 Å². The predicted octanol–water partition coefficient (Wildman–Crippen LogP) is 5.17. The molecule has 0 radical (unpaired) electrons. The zero-order valence-corrected chi connectivity index (χ0v) is 15.0. The smallest absolute Gasteiger partial charge is 0.266 e. The Morgan fingerprint density at radius 2 is 1.61 bits per heavy atom. The second kappa shape index (κ2) is 11.2. The van der Waals surface area contributed by atoms with Gasteiger partial charge >= 0.3 is 0 Å². The molecule has 0 aliphatic carbocycles. The number of rotatable bonds is 11. The van der Waals surface area contributed by atoms with Gasteiger partial charge in [0.15, 0.2) is 0 Å². The van der Waals surface area contributed by atoms with Crippen LogP contribution in [0.15, 0.2) is 53.5 Å². The second-order valence-corrected chi connectivity index (χ2v) is 7.17. The van der Waals surface area contributed by atoms with Crippen LogP contribution in [0.25, 0.3) is 0 Å². The van der Waals surface area contributed by atoms with Crippen LogP contribution in [0.3, 0.4) is 0 Å². The minimum Gasteiger partial charge on any atom is -0.266 e. The van der Waals surface area contributed by atoms with Crippen molar-refractivity contribution in [2.75, 3.05) is 6.61 Å². The van der Waals surface area contributed by atoms with Gasteiger partial charge in [0, 0.05) is 0 Å². The van der Waals surface area contributed by atoms with Crippen molar-refractivity contribution in [3.8, 4) is 0 Å². The van der Waals surface area contributed by atoms with E-state index in [0.717, 1.165) is 18.4 Å². The Bertz CT molecular complexity index is 584. The highest BCUT2D eigenvalue weighted by atomic mass is 32.2. The van der Waals surface area contributed by atoms with Crippen molar-refractivity contribution in [1.29, 1.82) is 0 Å². The molecule has 1 rings (SSSR count). The summed E-state index contributed by atoms with van der Waals surface area (Å²) in [6.45, 7) is 4.29. The molecular weight excluding hydrogens is 308 g/mol. The van der Waals surface area contributed by atoms with E-state index in [1.54, 1.807) is 24.3 Å². The number of hydrogen-bond donors (Lipinski definition) is 0. The van der Waals surface area contributed by atoms with Crippen molar-refractivity contribution in [3.05, 3.63) is 54.1 Å². The lowest BCUT2D eigenvalue weighted by atomic mass is 10.2. The Labute approximate surface area is 141 Å². The molecule has 0 amide bonds. The third-order valence-electron chi connectivity index (χ3n) is 3.41. The van der Waals surface area contributed by atoms with E-state index in [-0.39, 0.29) is 11.5 Å². The molecule has 3 nitrogen and oxygen atoms in total. The van der Waals surface area contributed by atoms with E-state index in [1.807, 2.05) is 19.1 Å². The van der Waals surface area contributed by atoms with Gasteiger partial charge in [-0.3, -0.25) is 4.18 Å². The maximum atomic E-state index is 11.9. The Hall–Kier alpha value is -1.39. The summed E-state index contributed by atoms with van der Waals surface area (Å²) in [4.78, 5) is 0.210. The lowest BCUT2D eigenvalue weighted by molar-refractivity contribution is 0.324. The monoisotopic (exact) mass is 336 g/mol. The van der Waals surface area contributed by atoms with Crippen LogP contribution in [0.1, 0.15) is 51.0 Å². The van der Waals surface area contributed by atoms with E-state index in [4.69, 9.17) is 4.18 Å². The maximum absolute atomic E-state index is 11.9. The number of allylic oxidation sites excluding steroid dienone is 3. The summed E-state index contributed by atoms with van der Waals surface area (Å²) >= 11 is 0. The number of benzene rings is 1. The van der Waals surface area contributed by atoms with Crippen LogP contribution in [0.2, 0.25) is 0 Å². The first-order chi connectivity index (χ1) is 11.1. The SMILES string of the molecule is CCCCCC=CCC=CCCOS(=O)(=O)c1ccc(C)cc1. The highest BCUT2D eigenvalue weighted by Crippen LogP contribution is 2.13. The fourth-order valence-electron chi connectivity index (χ4n) is 2.02. The van der Waals surface area contributed by atoms with Crippen molar-refractivity contribution in [1.82, 2.24) is 0 Å². The molecule has 23 heavy (non-hydrogen) atoms. The minimum atomic E-state index is -3.64. The van der Waals surface area contributed by atoms with E-state index >= 15 is 0 Å². The molecule has 0 bridgehead atoms. The molecule has 0 fully saturated rings. The Balaban J connectivity index is 2.21. The average molecular weight is 336 g/mol. The molecule has 0 saturated carbocycles. The van der Waals surface area contributed by atoms with Gasteiger partial charge in [-0.2, -0.15) is 8.42 Å². The standard InChI is InChI=1S/C19H28O3S/c1-3-4-5-6-7-8-9-10-11-12-17-22-23(20,21)19-15-13-18(2)14-16-19/h7-8,10-11,13-16H,3-6,9,12,17H2,1-2H3. The first-order valence-electron chi connectivity index (χ1n) is 8.32. The van der Waals surface area contributed by atoms with Gasteiger partial charge in [0.25, 0.3) is 10.1 Å². The molecule has 0 spiro atoms. The van der Waals surface area contributed by atoms with Gasteiger partial charge in [0.1, 0.15) is 0 Å². The highest BCUT2D eigenvalue weighted by molar-refractivity contribution is 7.86. The van der Waals surface area contributed by atoms with E-state index in [2.05, 4.69) is 19.1 Å². The fourth-order valence-corrected chi connectivity index (χ4v) is 2.94. The fraction of sp³-hybridized carbons (Fsp3) is 0.474. The van der Waals surface area contributed by atoms with Gasteiger partial charge in [0.05, 0.1) is 11.5 Å². The zero-order valence-electron chi connectivity index (χ0n) is 14.2. The molecule has 0 N–H and O–H groups in total. The second-order valence-electron chi connectivity index (χ2n) is 5.55. The van der Waals surface area contributed by atoms with Crippen molar-refractivity contribution < 1.29 is 12.6 Å². The Kier molecular flexibility index (Phi) is 9.57. The van der Waals surface area contributed by atoms with Crippen LogP contribution >= 0.6 is 0 Å². The molecular formula is C19H28O3S. The van der Waals surface area contributed by atoms with Crippen LogP contribution in [-0.2, 0) is 14.3 Å². The predicted molar refractivity (Wildman–Crippen MR) is 96.0 cm³/mol. The summed E-state index contributed by atoms with van der Waals surface area (Å²) in [6, 6.07) is 6.68. The Morgan fingerprint density at radius 3 is 2.26 bits per heavy atom. The van der Waals surface area contributed by atoms with Gasteiger partial charge < -0.3 is 0 Å².